The van der Waals surface area contributed by atoms with E-state index in [2.05, 4.69) is 0 Å². The van der Waals surface area contributed by atoms with E-state index >= 15 is 0 Å². The van der Waals surface area contributed by atoms with Gasteiger partial charge in [0.25, 0.3) is 0 Å². The second kappa shape index (κ2) is 8.96. The van der Waals surface area contributed by atoms with Crippen LogP contribution in [0.5, 0.6) is 0 Å². The van der Waals surface area contributed by atoms with E-state index in [1.165, 1.54) is 0 Å². The van der Waals surface area contributed by atoms with Crippen LogP contribution < -0.4 is 0 Å². The molecule has 0 aromatic rings. The second-order valence-electron chi connectivity index (χ2n) is 0.513. The summed E-state index contributed by atoms with van der Waals surface area (Å²) in [6, 6.07) is 0. The van der Waals surface area contributed by atoms with Gasteiger partial charge >= 0.3 is 44.3 Å². The second-order valence-corrected chi connectivity index (χ2v) is 1.54. The van der Waals surface area contributed by atoms with Gasteiger partial charge in [0, 0.05) is 21.7 Å². The summed E-state index contributed by atoms with van der Waals surface area (Å²) in [5, 5.41) is 0. The van der Waals surface area contributed by atoms with Crippen molar-refractivity contribution in [2.24, 2.45) is 0 Å². The van der Waals surface area contributed by atoms with E-state index in [4.69, 9.17) is 19.2 Å². The summed E-state index contributed by atoms with van der Waals surface area (Å²) in [5.41, 5.74) is 0. The standard InChI is InChI=1S/GeH4.Li.H3O4P.Ti.H/c;;1-5(2,3)4;;/h1H4;;(H3,1,2,3,4);;. The van der Waals surface area contributed by atoms with Crippen molar-refractivity contribution in [3.63, 3.8) is 0 Å². The normalized spacial score (nSPS) is 7.38. The maximum Gasteiger partial charge on any atom is 0 e. The van der Waals surface area contributed by atoms with Crippen LogP contribution in [0.2, 0.25) is 0 Å². The quantitative estimate of drug-likeness (QED) is 0.306. The zero-order chi connectivity index (χ0) is 4.50. The molecular weight excluding hydrogens is 222 g/mol. The Kier molecular flexibility index (Phi) is 25.2. The van der Waals surface area contributed by atoms with Gasteiger partial charge in [0.15, 0.2) is 0 Å². The van der Waals surface area contributed by atoms with Crippen LogP contribution in [0, 0.1) is 0 Å². The Hall–Kier alpha value is 1.96. The molecule has 46 valence electrons. The van der Waals surface area contributed by atoms with Gasteiger partial charge in [0.2, 0.25) is 0 Å². The Labute approximate surface area is 84.7 Å². The van der Waals surface area contributed by atoms with E-state index in [9.17, 15) is 0 Å². The fourth-order valence-corrected chi connectivity index (χ4v) is 0. The van der Waals surface area contributed by atoms with Crippen molar-refractivity contribution in [2.45, 2.75) is 0 Å². The predicted molar refractivity (Wildman–Crippen MR) is 32.7 cm³/mol. The maximum absolute atomic E-state index is 8.88. The fraction of sp³-hybridized carbons (Fsp3) is 0. The molecule has 0 rings (SSSR count). The molecule has 0 atom stereocenters. The van der Waals surface area contributed by atoms with E-state index in [0.29, 0.717) is 0 Å². The van der Waals surface area contributed by atoms with Crippen LogP contribution in [0.15, 0.2) is 0 Å². The van der Waals surface area contributed by atoms with Crippen LogP contribution in [-0.2, 0) is 26.3 Å². The molecule has 4 nitrogen and oxygen atoms in total. The van der Waals surface area contributed by atoms with Gasteiger partial charge < -0.3 is 14.7 Å². The first-order chi connectivity index (χ1) is 2.00. The molecule has 0 radical (unpaired) electrons. The third-order valence-corrected chi connectivity index (χ3v) is 0. The molecule has 0 aromatic heterocycles. The van der Waals surface area contributed by atoms with Crippen LogP contribution in [0.4, 0.5) is 0 Å². The smallest absolute Gasteiger partial charge is 0 e. The molecule has 0 fully saturated rings. The summed E-state index contributed by atoms with van der Waals surface area (Å²) in [6.45, 7) is 0. The van der Waals surface area contributed by atoms with Crippen molar-refractivity contribution in [1.82, 2.24) is 0 Å². The van der Waals surface area contributed by atoms with Gasteiger partial charge in [-0.05, 0) is 0 Å². The number of hydrogen-bond acceptors (Lipinski definition) is 1. The van der Waals surface area contributed by atoms with Crippen molar-refractivity contribution in [3.05, 3.63) is 0 Å². The topological polar surface area (TPSA) is 77.8 Å². The van der Waals surface area contributed by atoms with Gasteiger partial charge in [-0.2, -0.15) is 0 Å². The molecule has 8 heavy (non-hydrogen) atoms. The van der Waals surface area contributed by atoms with Gasteiger partial charge in [-0.1, -0.05) is 0 Å². The monoisotopic (exact) mass is 232 g/mol. The van der Waals surface area contributed by atoms with E-state index in [-0.39, 0.29) is 58.2 Å². The molecule has 8 heteroatoms. The summed E-state index contributed by atoms with van der Waals surface area (Å²) in [7, 11) is -4.64. The maximum atomic E-state index is 8.88. The minimum atomic E-state index is -4.64. The van der Waals surface area contributed by atoms with Crippen molar-refractivity contribution in [2.75, 3.05) is 0 Å². The third-order valence-electron chi connectivity index (χ3n) is 0. The van der Waals surface area contributed by atoms with E-state index in [0.717, 1.165) is 0 Å². The van der Waals surface area contributed by atoms with Gasteiger partial charge in [-0.15, -0.1) is 0 Å². The predicted octanol–water partition coefficient (Wildman–Crippen LogP) is -3.03. The molecule has 0 aliphatic heterocycles. The average molecular weight is 230 g/mol. The molecule has 0 saturated carbocycles. The summed E-state index contributed by atoms with van der Waals surface area (Å²) < 4.78 is 8.88. The molecule has 0 bridgehead atoms. The minimum absolute atomic E-state index is 0. The fourth-order valence-electron chi connectivity index (χ4n) is 0. The molecule has 0 unspecified atom stereocenters. The molecule has 3 N–H and O–H groups in total. The Morgan fingerprint density at radius 2 is 1.12 bits per heavy atom. The first kappa shape index (κ1) is 22.5. The first-order valence-corrected chi connectivity index (χ1v) is 2.35. The van der Waals surface area contributed by atoms with Crippen molar-refractivity contribution in [1.29, 1.82) is 0 Å². The molecule has 0 aliphatic rings. The Morgan fingerprint density at radius 1 is 1.12 bits per heavy atom. The minimum Gasteiger partial charge on any atom is 0 e. The average Bonchev–Trinajstić information content (AvgIpc) is 0.722. The van der Waals surface area contributed by atoms with Crippen LogP contribution >= 0.6 is 7.82 Å². The van der Waals surface area contributed by atoms with Gasteiger partial charge in [0.05, 0.1) is 0 Å². The Morgan fingerprint density at radius 3 is 1.12 bits per heavy atom. The number of hydrogen-bond donors (Lipinski definition) is 3. The third kappa shape index (κ3) is 100. The Balaban J connectivity index is -0.0000000267. The number of rotatable bonds is 0. The molecule has 0 amide bonds. The molecule has 0 spiro atoms. The zero-order valence-corrected chi connectivity index (χ0v) is 5.15. The molecule has 0 saturated heterocycles. The summed E-state index contributed by atoms with van der Waals surface area (Å²) >= 11 is 0. The van der Waals surface area contributed by atoms with E-state index in [1.54, 1.807) is 0 Å². The summed E-state index contributed by atoms with van der Waals surface area (Å²) in [5.74, 6) is 0. The Bertz CT molecular complexity index is 62.2. The van der Waals surface area contributed by atoms with Crippen LogP contribution in [-0.4, -0.2) is 51.1 Å². The summed E-state index contributed by atoms with van der Waals surface area (Å²) in [6.07, 6.45) is 0. The van der Waals surface area contributed by atoms with Gasteiger partial charge in [0.1, 0.15) is 0 Å². The van der Waals surface area contributed by atoms with Crippen molar-refractivity contribution in [3.8, 4) is 0 Å². The molecule has 0 aromatic carbocycles. The van der Waals surface area contributed by atoms with Crippen LogP contribution in [0.3, 0.4) is 0 Å². The van der Waals surface area contributed by atoms with Gasteiger partial charge in [-0.25, -0.2) is 4.57 Å². The van der Waals surface area contributed by atoms with E-state index in [1.807, 2.05) is 0 Å². The first-order valence-electron chi connectivity index (χ1n) is 0.783. The van der Waals surface area contributed by atoms with Crippen molar-refractivity contribution < 1.29 is 41.0 Å². The van der Waals surface area contributed by atoms with Gasteiger partial charge in [-0.3, -0.25) is 0 Å². The zero-order valence-electron chi connectivity index (χ0n) is 2.70. The SMILES string of the molecule is O=P(O)(O)O.[GeH4].[LiH].[Ti]. The van der Waals surface area contributed by atoms with Crippen LogP contribution in [0.25, 0.3) is 0 Å². The molecule has 0 heterocycles. The van der Waals surface area contributed by atoms with E-state index < -0.39 is 7.82 Å². The van der Waals surface area contributed by atoms with Crippen molar-refractivity contribution >= 4 is 44.3 Å². The summed E-state index contributed by atoms with van der Waals surface area (Å²) in [4.78, 5) is 21.6. The largest absolute Gasteiger partial charge is 0 e. The molecule has 0 aliphatic carbocycles. The molecular formula is H8GeLiO4PTi. The number of phosphoric acid groups is 1. The van der Waals surface area contributed by atoms with Crippen LogP contribution in [0.1, 0.15) is 0 Å².